The lowest BCUT2D eigenvalue weighted by Gasteiger charge is -2.21. The first kappa shape index (κ1) is 94.1. The fourth-order valence-corrected chi connectivity index (χ4v) is 13.3. The smallest absolute Gasteiger partial charge is 0.462 e. The highest BCUT2D eigenvalue weighted by atomic mass is 31.2. The molecular formula is C77H150O17P2. The summed E-state index contributed by atoms with van der Waals surface area (Å²) in [7, 11) is -9.91. The number of aliphatic hydroxyl groups is 1. The molecule has 0 saturated carbocycles. The van der Waals surface area contributed by atoms with Gasteiger partial charge in [-0.3, -0.25) is 37.3 Å². The first-order valence-corrected chi connectivity index (χ1v) is 42.7. The van der Waals surface area contributed by atoms with E-state index >= 15 is 0 Å². The van der Waals surface area contributed by atoms with E-state index in [9.17, 15) is 43.2 Å². The van der Waals surface area contributed by atoms with Gasteiger partial charge >= 0.3 is 39.5 Å². The van der Waals surface area contributed by atoms with Crippen molar-refractivity contribution in [3.63, 3.8) is 0 Å². The molecule has 0 aromatic carbocycles. The summed E-state index contributed by atoms with van der Waals surface area (Å²) in [6, 6.07) is 0. The maximum Gasteiger partial charge on any atom is 0.472 e. The van der Waals surface area contributed by atoms with Gasteiger partial charge in [-0.15, -0.1) is 0 Å². The first-order chi connectivity index (χ1) is 46.1. The molecule has 17 nitrogen and oxygen atoms in total. The fourth-order valence-electron chi connectivity index (χ4n) is 11.7. The number of unbranched alkanes of at least 4 members (excludes halogenated alkanes) is 39. The maximum atomic E-state index is 13.1. The summed E-state index contributed by atoms with van der Waals surface area (Å²) in [6.45, 7) is 14.2. The minimum Gasteiger partial charge on any atom is -0.462 e. The van der Waals surface area contributed by atoms with E-state index in [2.05, 4.69) is 55.4 Å². The molecule has 3 N–H and O–H groups in total. The van der Waals surface area contributed by atoms with Gasteiger partial charge in [-0.25, -0.2) is 9.13 Å². The summed E-state index contributed by atoms with van der Waals surface area (Å²) in [4.78, 5) is 72.8. The van der Waals surface area contributed by atoms with Gasteiger partial charge in [-0.05, 0) is 49.4 Å². The molecule has 19 heteroatoms. The van der Waals surface area contributed by atoms with E-state index in [4.69, 9.17) is 37.0 Å². The molecule has 0 saturated heterocycles. The molecule has 96 heavy (non-hydrogen) atoms. The summed E-state index contributed by atoms with van der Waals surface area (Å²) in [5.74, 6) is 0.924. The fraction of sp³-hybridized carbons (Fsp3) is 0.948. The van der Waals surface area contributed by atoms with Crippen molar-refractivity contribution < 1.29 is 80.2 Å². The van der Waals surface area contributed by atoms with Gasteiger partial charge in [-0.2, -0.15) is 0 Å². The summed E-state index contributed by atoms with van der Waals surface area (Å²) in [6.07, 6.45) is 51.5. The molecule has 0 spiro atoms. The third-order valence-electron chi connectivity index (χ3n) is 18.2. The van der Waals surface area contributed by atoms with Gasteiger partial charge in [0.25, 0.3) is 0 Å². The number of phosphoric ester groups is 2. The Labute approximate surface area is 588 Å². The van der Waals surface area contributed by atoms with Crippen LogP contribution in [-0.4, -0.2) is 96.7 Å². The zero-order valence-corrected chi connectivity index (χ0v) is 64.8. The predicted molar refractivity (Wildman–Crippen MR) is 391 cm³/mol. The number of carbonyl (C=O) groups is 4. The van der Waals surface area contributed by atoms with Crippen LogP contribution in [0, 0.1) is 23.7 Å². The average Bonchev–Trinajstić information content (AvgIpc) is 1.57. The Morgan fingerprint density at radius 1 is 0.292 bits per heavy atom. The minimum absolute atomic E-state index is 0.105. The Hall–Kier alpha value is -1.94. The molecule has 0 aromatic heterocycles. The van der Waals surface area contributed by atoms with Crippen molar-refractivity contribution in [3.05, 3.63) is 0 Å². The van der Waals surface area contributed by atoms with Crippen LogP contribution in [0.1, 0.15) is 389 Å². The molecule has 0 heterocycles. The van der Waals surface area contributed by atoms with Crippen molar-refractivity contribution >= 4 is 39.5 Å². The molecule has 0 rings (SSSR count). The van der Waals surface area contributed by atoms with Gasteiger partial charge in [0.15, 0.2) is 12.2 Å². The van der Waals surface area contributed by atoms with Crippen molar-refractivity contribution in [2.24, 2.45) is 23.7 Å². The predicted octanol–water partition coefficient (Wildman–Crippen LogP) is 22.4. The molecule has 0 fully saturated rings. The molecular weight excluding hydrogens is 1260 g/mol. The summed E-state index contributed by atoms with van der Waals surface area (Å²) in [5, 5.41) is 10.6. The number of rotatable bonds is 74. The highest BCUT2D eigenvalue weighted by molar-refractivity contribution is 7.47. The van der Waals surface area contributed by atoms with Gasteiger partial charge in [0.2, 0.25) is 0 Å². The molecule has 6 atom stereocenters. The second kappa shape index (κ2) is 66.3. The SMILES string of the molecule is CCC(C)CCCCCCCCC(=O)OC[C@H](COP(=O)(O)OC[C@H](O)COP(=O)(O)OC[C@@H](COC(=O)CCCCCCCCCCCCC(C)C)OC(=O)CCCCCCCCCCCC(C)C)OC(=O)CCCCCCCCCCCCCCCCCCCCC(C)C. The highest BCUT2D eigenvalue weighted by Gasteiger charge is 2.30. The van der Waals surface area contributed by atoms with Gasteiger partial charge in [0, 0.05) is 25.7 Å². The number of carbonyl (C=O) groups excluding carboxylic acids is 4. The van der Waals surface area contributed by atoms with E-state index < -0.39 is 97.5 Å². The van der Waals surface area contributed by atoms with Gasteiger partial charge in [0.05, 0.1) is 26.4 Å². The minimum atomic E-state index is -4.96. The number of hydrogen-bond donors (Lipinski definition) is 3. The van der Waals surface area contributed by atoms with Crippen LogP contribution in [0.3, 0.4) is 0 Å². The van der Waals surface area contributed by atoms with E-state index in [1.54, 1.807) is 0 Å². The molecule has 0 aliphatic rings. The lowest BCUT2D eigenvalue weighted by molar-refractivity contribution is -0.161. The Balaban J connectivity index is 5.19. The lowest BCUT2D eigenvalue weighted by Crippen LogP contribution is -2.30. The van der Waals surface area contributed by atoms with Gasteiger partial charge in [-0.1, -0.05) is 338 Å². The van der Waals surface area contributed by atoms with Crippen molar-refractivity contribution in [2.45, 2.75) is 408 Å². The van der Waals surface area contributed by atoms with Gasteiger partial charge in [0.1, 0.15) is 19.3 Å². The quantitative estimate of drug-likeness (QED) is 0.0222. The standard InChI is InChI=1S/C77H150O17P2/c1-9-70(8)56-48-40-35-36-42-50-58-75(80)88-64-73(94-76(81)59-51-43-33-27-19-17-15-13-11-10-12-14-16-18-23-29-37-45-53-67(2)3)66-92-96(85,86)90-62-71(78)61-89-95(83,84)91-65-72(93-77(82)60-52-44-34-28-22-25-31-39-47-55-69(6)7)63-87-74(79)57-49-41-32-26-21-20-24-30-38-46-54-68(4)5/h67-73,78H,9-66H2,1-8H3,(H,83,84)(H,85,86)/t70?,71-,72-,73-/m1/s1. The number of phosphoric acid groups is 2. The number of esters is 4. The maximum absolute atomic E-state index is 13.1. The second-order valence-corrected chi connectivity index (χ2v) is 32.3. The third kappa shape index (κ3) is 69.2. The van der Waals surface area contributed by atoms with Crippen LogP contribution >= 0.6 is 15.6 Å². The topological polar surface area (TPSA) is 237 Å². The molecule has 0 aromatic rings. The zero-order chi connectivity index (χ0) is 71.0. The summed E-state index contributed by atoms with van der Waals surface area (Å²) >= 11 is 0. The van der Waals surface area contributed by atoms with Crippen molar-refractivity contribution in [2.75, 3.05) is 39.6 Å². The van der Waals surface area contributed by atoms with Crippen LogP contribution in [0.25, 0.3) is 0 Å². The van der Waals surface area contributed by atoms with Crippen LogP contribution < -0.4 is 0 Å². The number of aliphatic hydroxyl groups excluding tert-OH is 1. The van der Waals surface area contributed by atoms with Crippen LogP contribution in [0.15, 0.2) is 0 Å². The van der Waals surface area contributed by atoms with E-state index in [0.29, 0.717) is 25.7 Å². The Morgan fingerprint density at radius 2 is 0.500 bits per heavy atom. The lowest BCUT2D eigenvalue weighted by atomic mass is 10.00. The zero-order valence-electron chi connectivity index (χ0n) is 63.0. The second-order valence-electron chi connectivity index (χ2n) is 29.4. The van der Waals surface area contributed by atoms with Crippen molar-refractivity contribution in [1.29, 1.82) is 0 Å². The van der Waals surface area contributed by atoms with Crippen molar-refractivity contribution in [1.82, 2.24) is 0 Å². The van der Waals surface area contributed by atoms with E-state index in [1.807, 2.05) is 0 Å². The Bertz CT molecular complexity index is 1890. The molecule has 0 bridgehead atoms. The number of hydrogen-bond acceptors (Lipinski definition) is 15. The average molecular weight is 1410 g/mol. The molecule has 0 radical (unpaired) electrons. The van der Waals surface area contributed by atoms with Crippen LogP contribution in [0.4, 0.5) is 0 Å². The highest BCUT2D eigenvalue weighted by Crippen LogP contribution is 2.45. The van der Waals surface area contributed by atoms with Crippen LogP contribution in [0.2, 0.25) is 0 Å². The number of ether oxygens (including phenoxy) is 4. The largest absolute Gasteiger partial charge is 0.472 e. The van der Waals surface area contributed by atoms with Crippen molar-refractivity contribution in [3.8, 4) is 0 Å². The van der Waals surface area contributed by atoms with E-state index in [1.165, 1.54) is 186 Å². The first-order valence-electron chi connectivity index (χ1n) is 39.7. The normalized spacial score (nSPS) is 14.4. The molecule has 0 aliphatic carbocycles. The Kier molecular flexibility index (Phi) is 65.0. The molecule has 3 unspecified atom stereocenters. The van der Waals surface area contributed by atoms with Crippen LogP contribution in [-0.2, 0) is 65.4 Å². The monoisotopic (exact) mass is 1410 g/mol. The van der Waals surface area contributed by atoms with Crippen LogP contribution in [0.5, 0.6) is 0 Å². The summed E-state index contributed by atoms with van der Waals surface area (Å²) in [5.41, 5.74) is 0. The van der Waals surface area contributed by atoms with E-state index in [0.717, 1.165) is 120 Å². The van der Waals surface area contributed by atoms with Gasteiger partial charge < -0.3 is 33.8 Å². The van der Waals surface area contributed by atoms with E-state index in [-0.39, 0.29) is 25.7 Å². The molecule has 570 valence electrons. The molecule has 0 aliphatic heterocycles. The Morgan fingerprint density at radius 3 is 0.740 bits per heavy atom. The third-order valence-corrected chi connectivity index (χ3v) is 20.1. The molecule has 0 amide bonds. The summed E-state index contributed by atoms with van der Waals surface area (Å²) < 4.78 is 68.5.